The summed E-state index contributed by atoms with van der Waals surface area (Å²) < 4.78 is 10.6. The van der Waals surface area contributed by atoms with Gasteiger partial charge in [-0.25, -0.2) is 0 Å². The summed E-state index contributed by atoms with van der Waals surface area (Å²) in [7, 11) is 0. The molecule has 0 fully saturated rings. The number of carbonyl (C=O) groups is 2. The molecule has 0 bridgehead atoms. The van der Waals surface area contributed by atoms with Gasteiger partial charge in [0.25, 0.3) is 0 Å². The summed E-state index contributed by atoms with van der Waals surface area (Å²) >= 11 is 0. The Morgan fingerprint density at radius 1 is 0.407 bits per heavy atom. The Bertz CT molecular complexity index is 1200. The van der Waals surface area contributed by atoms with Crippen molar-refractivity contribution in [1.29, 1.82) is 0 Å². The van der Waals surface area contributed by atoms with Crippen molar-refractivity contribution in [3.05, 3.63) is 109 Å². The molecule has 1 atom stereocenters. The molecule has 0 aromatic heterocycles. The maximum absolute atomic E-state index is 12.2. The minimum atomic E-state index is -0.808. The molecule has 0 heterocycles. The lowest BCUT2D eigenvalue weighted by Gasteiger charge is -2.15. The Morgan fingerprint density at radius 2 is 0.729 bits per heavy atom. The zero-order valence-electron chi connectivity index (χ0n) is 38.0. The van der Waals surface area contributed by atoms with Gasteiger partial charge in [0.15, 0.2) is 6.10 Å². The monoisotopic (exact) mass is 817 g/mol. The van der Waals surface area contributed by atoms with Gasteiger partial charge in [-0.15, -0.1) is 0 Å². The van der Waals surface area contributed by atoms with Crippen molar-refractivity contribution < 1.29 is 24.2 Å². The van der Waals surface area contributed by atoms with E-state index in [2.05, 4.69) is 123 Å². The number of unbranched alkanes of at least 4 members (excludes halogenated alkanes) is 16. The summed E-state index contributed by atoms with van der Waals surface area (Å²) in [6.45, 7) is 3.98. The first-order valence-electron chi connectivity index (χ1n) is 23.9. The smallest absolute Gasteiger partial charge is 0.306 e. The fourth-order valence-electron chi connectivity index (χ4n) is 6.26. The Morgan fingerprint density at radius 3 is 1.08 bits per heavy atom. The van der Waals surface area contributed by atoms with Gasteiger partial charge in [-0.1, -0.05) is 220 Å². The highest BCUT2D eigenvalue weighted by molar-refractivity contribution is 5.70. The fraction of sp³-hybridized carbons (Fsp3) is 0.630. The molecule has 0 aromatic carbocycles. The van der Waals surface area contributed by atoms with Crippen LogP contribution in [0.5, 0.6) is 0 Å². The second-order valence-electron chi connectivity index (χ2n) is 15.5. The predicted molar refractivity (Wildman–Crippen MR) is 255 cm³/mol. The molecule has 59 heavy (non-hydrogen) atoms. The van der Waals surface area contributed by atoms with Crippen LogP contribution in [0.2, 0.25) is 0 Å². The van der Waals surface area contributed by atoms with E-state index in [0.29, 0.717) is 12.8 Å². The molecule has 1 N–H and O–H groups in total. The van der Waals surface area contributed by atoms with Crippen molar-refractivity contribution in [2.75, 3.05) is 13.2 Å². The number of aliphatic hydroxyl groups excluding tert-OH is 1. The zero-order chi connectivity index (χ0) is 42.8. The lowest BCUT2D eigenvalue weighted by Crippen LogP contribution is -2.28. The molecule has 0 saturated carbocycles. The Kier molecular flexibility index (Phi) is 46.1. The van der Waals surface area contributed by atoms with Crippen molar-refractivity contribution in [2.45, 2.75) is 206 Å². The van der Waals surface area contributed by atoms with Gasteiger partial charge in [0, 0.05) is 12.8 Å². The van der Waals surface area contributed by atoms with Crippen LogP contribution in [-0.2, 0) is 19.1 Å². The first-order chi connectivity index (χ1) is 29.1. The van der Waals surface area contributed by atoms with Gasteiger partial charge >= 0.3 is 11.9 Å². The average molecular weight is 817 g/mol. The molecule has 5 nitrogen and oxygen atoms in total. The topological polar surface area (TPSA) is 72.8 Å². The number of hydrogen-bond donors (Lipinski definition) is 1. The number of ether oxygens (including phenoxy) is 2. The molecule has 1 unspecified atom stereocenters. The average Bonchev–Trinajstić information content (AvgIpc) is 3.24. The molecule has 5 heteroatoms. The van der Waals surface area contributed by atoms with Gasteiger partial charge in [-0.05, 0) is 77.0 Å². The highest BCUT2D eigenvalue weighted by Crippen LogP contribution is 2.14. The second kappa shape index (κ2) is 48.9. The Labute approximate surface area is 363 Å². The van der Waals surface area contributed by atoms with Crippen LogP contribution in [0.25, 0.3) is 0 Å². The molecule has 0 aromatic rings. The first kappa shape index (κ1) is 55.6. The summed E-state index contributed by atoms with van der Waals surface area (Å²) in [6.07, 6.45) is 70.3. The number of aliphatic hydroxyl groups is 1. The number of hydrogen-bond acceptors (Lipinski definition) is 5. The lowest BCUT2D eigenvalue weighted by molar-refractivity contribution is -0.161. The molecule has 0 amide bonds. The van der Waals surface area contributed by atoms with Crippen LogP contribution < -0.4 is 0 Å². The SMILES string of the molecule is CC/C=C\C/C=C\C/C=C\C/C=C\C/C=C\C/C=C\C/C=C\C/C=C\C/C=C\CCCC(=O)OC(CO)COC(=O)CCCCCCCCCCCCCCCCCC. The quantitative estimate of drug-likeness (QED) is 0.0377. The molecular formula is C54H88O5. The maximum Gasteiger partial charge on any atom is 0.306 e. The first-order valence-corrected chi connectivity index (χ1v) is 23.9. The molecule has 334 valence electrons. The largest absolute Gasteiger partial charge is 0.462 e. The van der Waals surface area contributed by atoms with E-state index in [-0.39, 0.29) is 31.6 Å². The third-order valence-corrected chi connectivity index (χ3v) is 9.83. The molecule has 0 rings (SSSR count). The molecule has 0 aliphatic rings. The summed E-state index contributed by atoms with van der Waals surface area (Å²) in [6, 6.07) is 0. The van der Waals surface area contributed by atoms with Crippen molar-refractivity contribution in [3.63, 3.8) is 0 Å². The van der Waals surface area contributed by atoms with Crippen LogP contribution in [0.1, 0.15) is 200 Å². The number of allylic oxidation sites excluding steroid dienone is 18. The van der Waals surface area contributed by atoms with E-state index in [4.69, 9.17) is 9.47 Å². The van der Waals surface area contributed by atoms with E-state index in [0.717, 1.165) is 83.5 Å². The highest BCUT2D eigenvalue weighted by atomic mass is 16.6. The number of rotatable bonds is 42. The standard InChI is InChI=1S/C54H88O5/c1-3-5-7-9-11-13-15-17-19-21-22-23-24-25-26-27-28-29-30-31-32-33-35-37-39-41-43-45-47-49-54(57)59-52(50-55)51-58-53(56)48-46-44-42-40-38-36-34-20-18-16-14-12-10-8-6-4-2/h5,7,11,13,17,19,22-23,25-26,28-29,31-32,35,37,41,43,52,55H,3-4,6,8-10,12,14-16,18,20-21,24,27,30,33-34,36,38-40,42,44-51H2,1-2H3/b7-5-,13-11-,19-17-,23-22-,26-25-,29-28-,32-31-,37-35-,43-41-. The number of carbonyl (C=O) groups excluding carboxylic acids is 2. The van der Waals surface area contributed by atoms with Crippen LogP contribution >= 0.6 is 0 Å². The highest BCUT2D eigenvalue weighted by Gasteiger charge is 2.16. The number of esters is 2. The van der Waals surface area contributed by atoms with E-state index in [1.54, 1.807) is 0 Å². The van der Waals surface area contributed by atoms with Gasteiger partial charge in [-0.3, -0.25) is 9.59 Å². The summed E-state index contributed by atoms with van der Waals surface area (Å²) in [5, 5.41) is 9.59. The van der Waals surface area contributed by atoms with Crippen molar-refractivity contribution >= 4 is 11.9 Å². The fourth-order valence-corrected chi connectivity index (χ4v) is 6.26. The van der Waals surface area contributed by atoms with Crippen LogP contribution in [0.4, 0.5) is 0 Å². The van der Waals surface area contributed by atoms with E-state index in [1.165, 1.54) is 83.5 Å². The van der Waals surface area contributed by atoms with Crippen molar-refractivity contribution in [3.8, 4) is 0 Å². The summed E-state index contributed by atoms with van der Waals surface area (Å²) in [5.74, 6) is -0.664. The van der Waals surface area contributed by atoms with Gasteiger partial charge in [0.2, 0.25) is 0 Å². The maximum atomic E-state index is 12.2. The Hall–Kier alpha value is -3.44. The van der Waals surface area contributed by atoms with E-state index >= 15 is 0 Å². The predicted octanol–water partition coefficient (Wildman–Crippen LogP) is 15.8. The molecular weight excluding hydrogens is 729 g/mol. The minimum Gasteiger partial charge on any atom is -0.462 e. The van der Waals surface area contributed by atoms with Crippen LogP contribution in [-0.4, -0.2) is 36.4 Å². The van der Waals surface area contributed by atoms with Gasteiger partial charge in [0.05, 0.1) is 6.61 Å². The van der Waals surface area contributed by atoms with E-state index < -0.39 is 6.10 Å². The van der Waals surface area contributed by atoms with Crippen LogP contribution in [0.3, 0.4) is 0 Å². The van der Waals surface area contributed by atoms with Crippen LogP contribution in [0, 0.1) is 0 Å². The van der Waals surface area contributed by atoms with Gasteiger partial charge in [-0.2, -0.15) is 0 Å². The molecule has 0 aliphatic carbocycles. The summed E-state index contributed by atoms with van der Waals surface area (Å²) in [5.41, 5.74) is 0. The van der Waals surface area contributed by atoms with Gasteiger partial charge < -0.3 is 14.6 Å². The van der Waals surface area contributed by atoms with E-state index in [9.17, 15) is 14.7 Å². The molecule has 0 spiro atoms. The summed E-state index contributed by atoms with van der Waals surface area (Å²) in [4.78, 5) is 24.4. The molecule has 0 saturated heterocycles. The molecule has 0 radical (unpaired) electrons. The van der Waals surface area contributed by atoms with Gasteiger partial charge in [0.1, 0.15) is 6.61 Å². The molecule has 0 aliphatic heterocycles. The second-order valence-corrected chi connectivity index (χ2v) is 15.5. The normalized spacial score (nSPS) is 13.2. The van der Waals surface area contributed by atoms with Crippen LogP contribution in [0.15, 0.2) is 109 Å². The zero-order valence-corrected chi connectivity index (χ0v) is 38.0. The Balaban J connectivity index is 3.70. The van der Waals surface area contributed by atoms with E-state index in [1.807, 2.05) is 0 Å². The lowest BCUT2D eigenvalue weighted by atomic mass is 10.0. The third kappa shape index (κ3) is 47.1. The van der Waals surface area contributed by atoms with Crippen molar-refractivity contribution in [2.24, 2.45) is 0 Å². The van der Waals surface area contributed by atoms with Crippen molar-refractivity contribution in [1.82, 2.24) is 0 Å². The third-order valence-electron chi connectivity index (χ3n) is 9.83. The minimum absolute atomic E-state index is 0.0934.